The van der Waals surface area contributed by atoms with Crippen molar-refractivity contribution in [2.24, 2.45) is 0 Å². The van der Waals surface area contributed by atoms with E-state index >= 15 is 0 Å². The minimum atomic E-state index is 0.470. The molecule has 0 atom stereocenters. The molecule has 0 radical (unpaired) electrons. The van der Waals surface area contributed by atoms with E-state index < -0.39 is 0 Å². The Hall–Kier alpha value is -6.64. The minimum Gasteiger partial charge on any atom is -0.508 e. The number of hydrogen-bond acceptors (Lipinski definition) is 2. The largest absolute Gasteiger partial charge is 0.508 e. The van der Waals surface area contributed by atoms with Crippen molar-refractivity contribution in [3.63, 3.8) is 0 Å². The monoisotopic (exact) mass is 1650 g/mol. The van der Waals surface area contributed by atoms with Crippen molar-refractivity contribution in [2.75, 3.05) is 0 Å². The van der Waals surface area contributed by atoms with Gasteiger partial charge in [-0.15, -0.1) is 0 Å². The third-order valence-electron chi connectivity index (χ3n) is 27.4. The van der Waals surface area contributed by atoms with Gasteiger partial charge in [-0.2, -0.15) is 0 Å². The summed E-state index contributed by atoms with van der Waals surface area (Å²) in [4.78, 5) is 0. The van der Waals surface area contributed by atoms with Gasteiger partial charge in [-0.25, -0.2) is 0 Å². The first-order valence-electron chi connectivity index (χ1n) is 52.2. The predicted molar refractivity (Wildman–Crippen MR) is 538 cm³/mol. The van der Waals surface area contributed by atoms with Gasteiger partial charge in [0.25, 0.3) is 0 Å². The van der Waals surface area contributed by atoms with Crippen molar-refractivity contribution in [1.29, 1.82) is 0 Å². The highest BCUT2D eigenvalue weighted by Gasteiger charge is 2.25. The van der Waals surface area contributed by atoms with Gasteiger partial charge in [0.05, 0.1) is 0 Å². The highest BCUT2D eigenvalue weighted by atomic mass is 16.3. The highest BCUT2D eigenvalue weighted by Crippen LogP contribution is 2.39. The molecule has 0 spiro atoms. The molecule has 122 heavy (non-hydrogen) atoms. The Morgan fingerprint density at radius 1 is 0.131 bits per heavy atom. The second-order valence-electron chi connectivity index (χ2n) is 37.4. The molecule has 0 aliphatic heterocycles. The number of phenolic OH excluding ortho intramolecular Hbond substituents is 2. The van der Waals surface area contributed by atoms with Gasteiger partial charge >= 0.3 is 0 Å². The van der Waals surface area contributed by atoms with Crippen LogP contribution in [0.3, 0.4) is 0 Å². The van der Waals surface area contributed by atoms with Crippen LogP contribution < -0.4 is 0 Å². The smallest absolute Gasteiger partial charge is 0.119 e. The lowest BCUT2D eigenvalue weighted by Crippen LogP contribution is -2.10. The van der Waals surface area contributed by atoms with Gasteiger partial charge in [0.15, 0.2) is 0 Å². The van der Waals surface area contributed by atoms with E-state index in [-0.39, 0.29) is 0 Å². The number of rotatable bonds is 66. The fraction of sp³-hybridized carbons (Fsp3) is 0.600. The van der Waals surface area contributed by atoms with Crippen LogP contribution in [0.2, 0.25) is 0 Å². The average molecular weight is 1650 g/mol. The summed E-state index contributed by atoms with van der Waals surface area (Å²) in [5, 5.41) is 24.3. The second kappa shape index (κ2) is 62.5. The molecular weight excluding hydrogens is 1470 g/mol. The summed E-state index contributed by atoms with van der Waals surface area (Å²) in [5.74, 6) is 0.950. The van der Waals surface area contributed by atoms with Gasteiger partial charge in [-0.05, 0) is 314 Å². The van der Waals surface area contributed by atoms with E-state index in [1.165, 1.54) is 375 Å². The Labute approximate surface area is 752 Å². The van der Waals surface area contributed by atoms with Crippen LogP contribution in [-0.2, 0) is 116 Å². The van der Waals surface area contributed by atoms with Gasteiger partial charge in [0.1, 0.15) is 11.5 Å². The van der Waals surface area contributed by atoms with E-state index in [1.807, 2.05) is 6.07 Å². The average Bonchev–Trinajstić information content (AvgIpc) is 0.785. The molecule has 8 aromatic rings. The van der Waals surface area contributed by atoms with E-state index in [1.54, 1.807) is 61.2 Å². The molecule has 0 unspecified atom stereocenters. The summed E-state index contributed by atoms with van der Waals surface area (Å²) < 4.78 is 0. The molecule has 0 amide bonds. The van der Waals surface area contributed by atoms with Crippen LogP contribution in [0.4, 0.5) is 0 Å². The number of hydrogen-bond donors (Lipinski definition) is 2. The fourth-order valence-corrected chi connectivity index (χ4v) is 20.0. The topological polar surface area (TPSA) is 40.5 Å². The van der Waals surface area contributed by atoms with Crippen molar-refractivity contribution in [1.82, 2.24) is 0 Å². The Bertz CT molecular complexity index is 4120. The van der Waals surface area contributed by atoms with Crippen LogP contribution in [0.15, 0.2) is 133 Å². The summed E-state index contributed by atoms with van der Waals surface area (Å²) >= 11 is 0. The summed E-state index contributed by atoms with van der Waals surface area (Å²) in [5.41, 5.74) is 35.6. The van der Waals surface area contributed by atoms with Crippen molar-refractivity contribution in [3.8, 4) is 11.5 Å². The van der Waals surface area contributed by atoms with Gasteiger partial charge in [-0.1, -0.05) is 397 Å². The Morgan fingerprint density at radius 3 is 0.484 bits per heavy atom. The summed E-state index contributed by atoms with van der Waals surface area (Å²) in [7, 11) is 0. The molecule has 2 nitrogen and oxygen atoms in total. The molecule has 2 N–H and O–H groups in total. The van der Waals surface area contributed by atoms with Crippen molar-refractivity contribution >= 4 is 0 Å². The fourth-order valence-electron chi connectivity index (χ4n) is 20.0. The Balaban J connectivity index is 0.000000337. The number of benzene rings is 8. The third kappa shape index (κ3) is 35.3. The Kier molecular flexibility index (Phi) is 52.5. The quantitative estimate of drug-likeness (QED) is 0.0373. The first-order valence-corrected chi connectivity index (χ1v) is 52.2. The van der Waals surface area contributed by atoms with E-state index in [9.17, 15) is 10.2 Å². The standard InChI is InChI=1S/C63H96O.C57H84O/c1-7-13-19-25-34-51-37-31-40-54(58(51)43-28-22-16-10-4)48-57-46-47-63(64)62(50-56-42-33-39-53(36-27-21-15-9-3)60(56)45-30-24-18-12-6)61(57)49-55-41-32-38-52(35-26-20-14-8-2)59(55)44-29-23-17-11-5;1-7-13-19-28-45-31-25-34-48(52(45)37-22-16-10-4)42-51-40-41-57(58)56(44-50-36-27-33-47(30-21-15-9-3)54(50)39-24-18-12-6)55(51)43-49-35-26-32-46(29-20-14-8-2)53(49)38-23-17-11-5/h31-33,37-42,46-47,64H,7-30,34-36,43-45,48-50H2,1-6H3;25-27,31-36,40-41,58H,7-24,28-30,37-39,42-44H2,1-6H3. The predicted octanol–water partition coefficient (Wildman–Crippen LogP) is 35.5. The lowest BCUT2D eigenvalue weighted by molar-refractivity contribution is 0.467. The molecule has 0 fully saturated rings. The molecule has 0 aromatic heterocycles. The molecule has 0 saturated heterocycles. The van der Waals surface area contributed by atoms with Crippen LogP contribution in [0.1, 0.15) is 486 Å². The van der Waals surface area contributed by atoms with Gasteiger partial charge in [0.2, 0.25) is 0 Å². The maximum absolute atomic E-state index is 12.2. The molecule has 8 rings (SSSR count). The zero-order valence-electron chi connectivity index (χ0n) is 81.0. The van der Waals surface area contributed by atoms with Gasteiger partial charge in [-0.3, -0.25) is 0 Å². The second-order valence-corrected chi connectivity index (χ2v) is 37.4. The Morgan fingerprint density at radius 2 is 0.279 bits per heavy atom. The maximum atomic E-state index is 12.2. The lowest BCUT2D eigenvalue weighted by Gasteiger charge is -2.23. The lowest BCUT2D eigenvalue weighted by atomic mass is 9.82. The summed E-state index contributed by atoms with van der Waals surface area (Å²) in [6.07, 6.45) is 72.8. The normalized spacial score (nSPS) is 11.5. The van der Waals surface area contributed by atoms with Crippen LogP contribution in [0, 0.1) is 0 Å². The molecule has 8 aromatic carbocycles. The zero-order valence-corrected chi connectivity index (χ0v) is 81.0. The number of unbranched alkanes of at least 4 members (excludes halogenated alkanes) is 30. The number of aromatic hydroxyl groups is 2. The first kappa shape index (κ1) is 102. The first-order chi connectivity index (χ1) is 60.0. The van der Waals surface area contributed by atoms with E-state index in [2.05, 4.69) is 210 Å². The summed E-state index contributed by atoms with van der Waals surface area (Å²) in [6, 6.07) is 51.8. The van der Waals surface area contributed by atoms with Crippen LogP contribution >= 0.6 is 0 Å². The minimum absolute atomic E-state index is 0.470. The molecule has 0 aliphatic rings. The van der Waals surface area contributed by atoms with Crippen molar-refractivity contribution in [3.05, 3.63) is 267 Å². The van der Waals surface area contributed by atoms with Crippen molar-refractivity contribution in [2.45, 2.75) is 468 Å². The van der Waals surface area contributed by atoms with Crippen LogP contribution in [-0.4, -0.2) is 10.2 Å². The molecule has 0 saturated carbocycles. The molecule has 0 bridgehead atoms. The van der Waals surface area contributed by atoms with E-state index in [4.69, 9.17) is 0 Å². The molecule has 672 valence electrons. The number of aryl methyl sites for hydroxylation is 6. The maximum Gasteiger partial charge on any atom is 0.119 e. The van der Waals surface area contributed by atoms with Crippen LogP contribution in [0.5, 0.6) is 11.5 Å². The van der Waals surface area contributed by atoms with Crippen molar-refractivity contribution < 1.29 is 10.2 Å². The third-order valence-corrected chi connectivity index (χ3v) is 27.4. The van der Waals surface area contributed by atoms with E-state index in [0.717, 1.165) is 82.6 Å². The van der Waals surface area contributed by atoms with Gasteiger partial charge in [0, 0.05) is 24.0 Å². The molecule has 2 heteroatoms. The summed E-state index contributed by atoms with van der Waals surface area (Å²) in [6.45, 7) is 27.8. The van der Waals surface area contributed by atoms with E-state index in [0.29, 0.717) is 11.5 Å². The SMILES string of the molecule is CCCCCCc1cccc(Cc2ccc(O)c(Cc3cccc(CCCCCC)c3CCCCCC)c2Cc2cccc(CCCCCC)c2CCCCCC)c1CCCCCC.CCCCCc1cccc(Cc2ccc(O)c(Cc3cccc(CCCCC)c3CCCCC)c2Cc2cccc(CCCCC)c2CCCCC)c1CCCCC. The molecular formula is C120H180O2. The molecule has 0 heterocycles. The van der Waals surface area contributed by atoms with Crippen LogP contribution in [0.25, 0.3) is 0 Å². The zero-order chi connectivity index (χ0) is 87.0. The van der Waals surface area contributed by atoms with Gasteiger partial charge < -0.3 is 10.2 Å². The highest BCUT2D eigenvalue weighted by molar-refractivity contribution is 5.56. The number of phenols is 2. The molecule has 0 aliphatic carbocycles.